The summed E-state index contributed by atoms with van der Waals surface area (Å²) in [6.45, 7) is 5.34. The van der Waals surface area contributed by atoms with Crippen LogP contribution in [-0.2, 0) is 9.47 Å². The van der Waals surface area contributed by atoms with E-state index in [4.69, 9.17) is 30.8 Å². The number of aliphatic hydroxyl groups is 1. The molecule has 0 saturated carbocycles. The van der Waals surface area contributed by atoms with Crippen molar-refractivity contribution in [2.45, 2.75) is 43.4 Å². The summed E-state index contributed by atoms with van der Waals surface area (Å²) in [7, 11) is 1.74. The van der Waals surface area contributed by atoms with Gasteiger partial charge in [-0.3, -0.25) is 4.90 Å². The van der Waals surface area contributed by atoms with E-state index in [1.165, 1.54) is 0 Å². The smallest absolute Gasteiger partial charge is 0.319 e. The predicted molar refractivity (Wildman–Crippen MR) is 130 cm³/mol. The van der Waals surface area contributed by atoms with E-state index in [-0.39, 0.29) is 45.8 Å². The third-order valence-electron chi connectivity index (χ3n) is 7.11. The first-order valence-corrected chi connectivity index (χ1v) is 12.7. The minimum atomic E-state index is -1.09. The summed E-state index contributed by atoms with van der Waals surface area (Å²) in [5, 5.41) is 11.4. The lowest BCUT2D eigenvalue weighted by Crippen LogP contribution is -2.44. The van der Waals surface area contributed by atoms with Crippen LogP contribution in [0.15, 0.2) is 10.5 Å². The Morgan fingerprint density at radius 1 is 1.38 bits per heavy atom. The first-order valence-electron chi connectivity index (χ1n) is 11.5. The lowest BCUT2D eigenvalue weighted by atomic mass is 9.94. The number of hydrogen-bond donors (Lipinski definition) is 1. The Balaban J connectivity index is 1.52. The number of aromatic nitrogens is 2. The van der Waals surface area contributed by atoms with Crippen LogP contribution in [0, 0.1) is 5.82 Å². The van der Waals surface area contributed by atoms with E-state index in [9.17, 15) is 5.11 Å². The van der Waals surface area contributed by atoms with Crippen molar-refractivity contribution in [2.24, 2.45) is 0 Å². The first kappa shape index (κ1) is 24.4. The van der Waals surface area contributed by atoms with Gasteiger partial charge in [0.2, 0.25) is 0 Å². The number of anilines is 1. The molecule has 3 saturated heterocycles. The van der Waals surface area contributed by atoms with Crippen LogP contribution in [-0.4, -0.2) is 90.3 Å². The van der Waals surface area contributed by atoms with Gasteiger partial charge in [0.1, 0.15) is 23.5 Å². The van der Waals surface area contributed by atoms with Crippen molar-refractivity contribution < 1.29 is 23.7 Å². The molecule has 3 aliphatic rings. The summed E-state index contributed by atoms with van der Waals surface area (Å²) >= 11 is 9.50. The molecule has 0 bridgehead atoms. The Kier molecular flexibility index (Phi) is 6.67. The fraction of sp³-hybridized carbons (Fsp3) is 0.652. The summed E-state index contributed by atoms with van der Waals surface area (Å²) in [4.78, 5) is 13.4. The quantitative estimate of drug-likeness (QED) is 0.559. The number of β-amino-alcohol motifs (C(OH)–C–C–N with tert-alkyl or cyclic N) is 1. The van der Waals surface area contributed by atoms with E-state index in [0.29, 0.717) is 31.0 Å². The van der Waals surface area contributed by atoms with Gasteiger partial charge in [0, 0.05) is 25.6 Å². The van der Waals surface area contributed by atoms with Gasteiger partial charge < -0.3 is 24.2 Å². The molecular weight excluding hydrogens is 531 g/mol. The minimum absolute atomic E-state index is 0.0996. The monoisotopic (exact) mass is 558 g/mol. The molecule has 8 nitrogen and oxygen atoms in total. The normalized spacial score (nSPS) is 30.1. The molecule has 0 spiro atoms. The van der Waals surface area contributed by atoms with Crippen LogP contribution in [0.25, 0.3) is 10.9 Å². The summed E-state index contributed by atoms with van der Waals surface area (Å²) in [6, 6.07) is 1.74. The molecule has 3 fully saturated rings. The Bertz CT molecular complexity index is 1090. The number of hydrogen-bond acceptors (Lipinski definition) is 8. The van der Waals surface area contributed by atoms with Gasteiger partial charge in [0.25, 0.3) is 0 Å². The van der Waals surface area contributed by atoms with Crippen LogP contribution in [0.2, 0.25) is 5.02 Å². The molecule has 0 amide bonds. The largest absolute Gasteiger partial charge is 0.461 e. The highest BCUT2D eigenvalue weighted by molar-refractivity contribution is 9.10. The van der Waals surface area contributed by atoms with Crippen molar-refractivity contribution >= 4 is 44.3 Å². The fourth-order valence-corrected chi connectivity index (χ4v) is 5.94. The maximum atomic E-state index is 15.3. The number of rotatable bonds is 5. The maximum absolute atomic E-state index is 15.3. The summed E-state index contributed by atoms with van der Waals surface area (Å²) in [6.07, 6.45) is 3.17. The number of halogens is 3. The highest BCUT2D eigenvalue weighted by Gasteiger charge is 2.49. The summed E-state index contributed by atoms with van der Waals surface area (Å²) in [5.74, 6) is -0.115. The Labute approximate surface area is 211 Å². The zero-order chi connectivity index (χ0) is 24.1. The van der Waals surface area contributed by atoms with Crippen LogP contribution in [0.1, 0.15) is 26.2 Å². The van der Waals surface area contributed by atoms with Crippen LogP contribution < -0.4 is 9.64 Å². The van der Waals surface area contributed by atoms with E-state index in [2.05, 4.69) is 25.8 Å². The van der Waals surface area contributed by atoms with Crippen molar-refractivity contribution in [3.63, 3.8) is 0 Å². The number of nitrogens with zero attached hydrogens (tertiary/aromatic N) is 4. The second-order valence-electron chi connectivity index (χ2n) is 9.81. The lowest BCUT2D eigenvalue weighted by Gasteiger charge is -2.31. The Morgan fingerprint density at radius 2 is 2.21 bits per heavy atom. The van der Waals surface area contributed by atoms with Gasteiger partial charge in [-0.25, -0.2) is 4.39 Å². The van der Waals surface area contributed by atoms with Crippen molar-refractivity contribution in [2.75, 3.05) is 58.0 Å². The molecule has 0 aliphatic carbocycles. The molecule has 2 aromatic rings. The third-order valence-corrected chi connectivity index (χ3v) is 8.41. The second-order valence-corrected chi connectivity index (χ2v) is 11.0. The molecule has 3 aliphatic heterocycles. The molecule has 1 unspecified atom stereocenters. The first-order chi connectivity index (χ1) is 16.2. The molecule has 3 atom stereocenters. The Hall–Kier alpha value is -1.30. The van der Waals surface area contributed by atoms with Gasteiger partial charge in [0.15, 0.2) is 5.82 Å². The van der Waals surface area contributed by atoms with Gasteiger partial charge in [-0.1, -0.05) is 11.6 Å². The molecule has 5 rings (SSSR count). The van der Waals surface area contributed by atoms with Crippen molar-refractivity contribution in [1.29, 1.82) is 0 Å². The summed E-state index contributed by atoms with van der Waals surface area (Å²) < 4.78 is 32.8. The molecule has 11 heteroatoms. The molecular formula is C23H29BrClFN4O4. The maximum Gasteiger partial charge on any atom is 0.319 e. The summed E-state index contributed by atoms with van der Waals surface area (Å²) in [5.41, 5.74) is -1.10. The van der Waals surface area contributed by atoms with E-state index in [1.54, 1.807) is 20.1 Å². The number of fused-ring (bicyclic) bond motifs is 2. The average molecular weight is 560 g/mol. The third kappa shape index (κ3) is 4.49. The predicted octanol–water partition coefficient (Wildman–Crippen LogP) is 3.40. The van der Waals surface area contributed by atoms with E-state index in [0.717, 1.165) is 32.4 Å². The van der Waals surface area contributed by atoms with Crippen LogP contribution >= 0.6 is 27.5 Å². The highest BCUT2D eigenvalue weighted by atomic mass is 79.9. The lowest BCUT2D eigenvalue weighted by molar-refractivity contribution is -0.0123. The van der Waals surface area contributed by atoms with Crippen molar-refractivity contribution in [1.82, 2.24) is 14.9 Å². The molecule has 1 aromatic heterocycles. The van der Waals surface area contributed by atoms with Gasteiger partial charge >= 0.3 is 6.01 Å². The van der Waals surface area contributed by atoms with Gasteiger partial charge in [-0.15, -0.1) is 0 Å². The van der Waals surface area contributed by atoms with E-state index >= 15 is 4.39 Å². The van der Waals surface area contributed by atoms with E-state index < -0.39 is 11.4 Å². The average Bonchev–Trinajstić information content (AvgIpc) is 3.29. The Morgan fingerprint density at radius 3 is 3.00 bits per heavy atom. The standard InChI is InChI=1S/C23H29BrClFN4O4/c1-22(31)11-29(6-7-33-12-22)20-15-8-16(25)17(24)18(26)19(15)27-21(28-20)34-13-23-4-3-5-30(23)10-14(9-23)32-2/h8,14,31H,3-7,9-13H2,1-2H3/t14-,22?,23+/m1/s1. The fourth-order valence-electron chi connectivity index (χ4n) is 5.45. The SMILES string of the molecule is CO[C@H]1CN2CCC[C@@]2(COc2nc(N3CCOCC(C)(O)C3)c3cc(Cl)c(Br)c(F)c3n2)C1. The molecule has 4 heterocycles. The van der Waals surface area contributed by atoms with Crippen molar-refractivity contribution in [3.8, 4) is 6.01 Å². The zero-order valence-electron chi connectivity index (χ0n) is 19.3. The molecule has 34 heavy (non-hydrogen) atoms. The number of ether oxygens (including phenoxy) is 3. The van der Waals surface area contributed by atoms with Crippen molar-refractivity contribution in [3.05, 3.63) is 21.4 Å². The van der Waals surface area contributed by atoms with Crippen LogP contribution in [0.5, 0.6) is 6.01 Å². The van der Waals surface area contributed by atoms with E-state index in [1.807, 2.05) is 4.90 Å². The highest BCUT2D eigenvalue weighted by Crippen LogP contribution is 2.41. The van der Waals surface area contributed by atoms with Crippen LogP contribution in [0.3, 0.4) is 0 Å². The second kappa shape index (κ2) is 9.29. The van der Waals surface area contributed by atoms with Gasteiger partial charge in [-0.2, -0.15) is 9.97 Å². The zero-order valence-corrected chi connectivity index (χ0v) is 21.7. The minimum Gasteiger partial charge on any atom is -0.461 e. The number of benzene rings is 1. The van der Waals surface area contributed by atoms with Crippen LogP contribution in [0.4, 0.5) is 10.2 Å². The van der Waals surface area contributed by atoms with Gasteiger partial charge in [-0.05, 0) is 54.7 Å². The molecule has 1 N–H and O–H groups in total. The molecule has 186 valence electrons. The molecule has 0 radical (unpaired) electrons. The topological polar surface area (TPSA) is 80.2 Å². The van der Waals surface area contributed by atoms with Gasteiger partial charge in [0.05, 0.1) is 40.9 Å². The molecule has 1 aromatic carbocycles. The number of methoxy groups -OCH3 is 1.